The Labute approximate surface area is 126 Å². The van der Waals surface area contributed by atoms with Crippen molar-refractivity contribution in [2.24, 2.45) is 0 Å². The molecule has 2 aromatic rings. The van der Waals surface area contributed by atoms with Crippen molar-refractivity contribution in [3.63, 3.8) is 0 Å². The Hall–Kier alpha value is -2.00. The van der Waals surface area contributed by atoms with Crippen molar-refractivity contribution in [1.82, 2.24) is 4.98 Å². The molecule has 4 nitrogen and oxygen atoms in total. The number of benzene rings is 1. The Kier molecular flexibility index (Phi) is 5.09. The number of carbonyl (C=O) groups is 1. The van der Waals surface area contributed by atoms with Gasteiger partial charge in [-0.1, -0.05) is 12.1 Å². The minimum atomic E-state index is -4.48. The van der Waals surface area contributed by atoms with Gasteiger partial charge in [0.1, 0.15) is 19.0 Å². The average molecular weight is 334 g/mol. The second kappa shape index (κ2) is 6.84. The van der Waals surface area contributed by atoms with E-state index in [1.807, 2.05) is 0 Å². The predicted octanol–water partition coefficient (Wildman–Crippen LogP) is 3.47. The summed E-state index contributed by atoms with van der Waals surface area (Å²) in [7, 11) is 0. The highest BCUT2D eigenvalue weighted by molar-refractivity contribution is 7.14. The molecular weight excluding hydrogens is 324 g/mol. The molecule has 0 unspecified atom stereocenters. The monoisotopic (exact) mass is 334 g/mol. The SMILES string of the molecule is O=C(COCC(F)(F)F)Nc1nc(-c2cccc(F)c2)cs1. The Bertz CT molecular complexity index is 657. The molecule has 1 aromatic carbocycles. The highest BCUT2D eigenvalue weighted by Crippen LogP contribution is 2.25. The maximum absolute atomic E-state index is 13.1. The highest BCUT2D eigenvalue weighted by atomic mass is 32.1. The van der Waals surface area contributed by atoms with Gasteiger partial charge in [-0.3, -0.25) is 10.1 Å². The van der Waals surface area contributed by atoms with Crippen molar-refractivity contribution >= 4 is 22.4 Å². The molecule has 0 atom stereocenters. The summed E-state index contributed by atoms with van der Waals surface area (Å²) in [6.07, 6.45) is -4.48. The number of thiazole rings is 1. The molecule has 1 heterocycles. The van der Waals surface area contributed by atoms with Gasteiger partial charge in [-0.25, -0.2) is 9.37 Å². The molecule has 2 rings (SSSR count). The fraction of sp³-hybridized carbons (Fsp3) is 0.231. The fourth-order valence-electron chi connectivity index (χ4n) is 1.53. The van der Waals surface area contributed by atoms with Crippen LogP contribution in [0.15, 0.2) is 29.6 Å². The van der Waals surface area contributed by atoms with E-state index in [-0.39, 0.29) is 5.13 Å². The molecule has 0 spiro atoms. The predicted molar refractivity (Wildman–Crippen MR) is 73.0 cm³/mol. The lowest BCUT2D eigenvalue weighted by Gasteiger charge is -2.06. The molecule has 0 radical (unpaired) electrons. The van der Waals surface area contributed by atoms with Crippen LogP contribution in [-0.2, 0) is 9.53 Å². The van der Waals surface area contributed by atoms with Gasteiger partial charge in [0, 0.05) is 10.9 Å². The van der Waals surface area contributed by atoms with Gasteiger partial charge in [-0.05, 0) is 12.1 Å². The first-order chi connectivity index (χ1) is 10.3. The zero-order valence-electron chi connectivity index (χ0n) is 11.0. The van der Waals surface area contributed by atoms with E-state index >= 15 is 0 Å². The van der Waals surface area contributed by atoms with Gasteiger partial charge in [-0.2, -0.15) is 13.2 Å². The van der Waals surface area contributed by atoms with Gasteiger partial charge in [0.05, 0.1) is 5.69 Å². The van der Waals surface area contributed by atoms with Crippen LogP contribution in [0.1, 0.15) is 0 Å². The summed E-state index contributed by atoms with van der Waals surface area (Å²) in [4.78, 5) is 15.5. The van der Waals surface area contributed by atoms with Gasteiger partial charge >= 0.3 is 6.18 Å². The van der Waals surface area contributed by atoms with Crippen LogP contribution in [-0.4, -0.2) is 30.3 Å². The smallest absolute Gasteiger partial charge is 0.362 e. The summed E-state index contributed by atoms with van der Waals surface area (Å²) in [5.41, 5.74) is 0.987. The Morgan fingerprint density at radius 1 is 1.36 bits per heavy atom. The fourth-order valence-corrected chi connectivity index (χ4v) is 2.26. The number of aromatic nitrogens is 1. The van der Waals surface area contributed by atoms with Gasteiger partial charge in [0.25, 0.3) is 5.91 Å². The Morgan fingerprint density at radius 3 is 2.82 bits per heavy atom. The van der Waals surface area contributed by atoms with Crippen LogP contribution in [0.2, 0.25) is 0 Å². The summed E-state index contributed by atoms with van der Waals surface area (Å²) < 4.78 is 52.9. The number of alkyl halides is 3. The quantitative estimate of drug-likeness (QED) is 0.852. The first-order valence-electron chi connectivity index (χ1n) is 5.99. The van der Waals surface area contributed by atoms with Crippen LogP contribution in [0.5, 0.6) is 0 Å². The lowest BCUT2D eigenvalue weighted by atomic mass is 10.2. The topological polar surface area (TPSA) is 51.2 Å². The summed E-state index contributed by atoms with van der Waals surface area (Å²) in [6.45, 7) is -2.22. The molecule has 0 saturated carbocycles. The number of amides is 1. The van der Waals surface area contributed by atoms with Crippen LogP contribution in [0, 0.1) is 5.82 Å². The number of anilines is 1. The second-order valence-corrected chi connectivity index (χ2v) is 5.06. The Balaban J connectivity index is 1.91. The third kappa shape index (κ3) is 5.08. The van der Waals surface area contributed by atoms with Crippen LogP contribution >= 0.6 is 11.3 Å². The third-order valence-electron chi connectivity index (χ3n) is 2.37. The van der Waals surface area contributed by atoms with E-state index in [1.165, 1.54) is 18.2 Å². The minimum absolute atomic E-state index is 0.194. The van der Waals surface area contributed by atoms with Crippen molar-refractivity contribution in [3.8, 4) is 11.3 Å². The van der Waals surface area contributed by atoms with Crippen molar-refractivity contribution in [2.75, 3.05) is 18.5 Å². The summed E-state index contributed by atoms with van der Waals surface area (Å²) in [6, 6.07) is 5.74. The number of rotatable bonds is 5. The van der Waals surface area contributed by atoms with Gasteiger partial charge < -0.3 is 4.74 Å². The number of nitrogens with one attached hydrogen (secondary N) is 1. The van der Waals surface area contributed by atoms with Crippen LogP contribution in [0.4, 0.5) is 22.7 Å². The Morgan fingerprint density at radius 2 is 2.14 bits per heavy atom. The van der Waals surface area contributed by atoms with Gasteiger partial charge in [0.2, 0.25) is 0 Å². The molecule has 1 aromatic heterocycles. The third-order valence-corrected chi connectivity index (χ3v) is 3.13. The number of hydrogen-bond donors (Lipinski definition) is 1. The zero-order chi connectivity index (χ0) is 16.2. The molecule has 0 aliphatic rings. The molecule has 1 amide bonds. The molecule has 0 aliphatic carbocycles. The van der Waals surface area contributed by atoms with E-state index in [4.69, 9.17) is 0 Å². The molecule has 0 aliphatic heterocycles. The standard InChI is InChI=1S/C13H10F4N2O2S/c14-9-3-1-2-8(4-9)10-6-22-12(18-10)19-11(20)5-21-7-13(15,16)17/h1-4,6H,5,7H2,(H,18,19,20). The molecule has 118 valence electrons. The number of nitrogens with zero attached hydrogens (tertiary/aromatic N) is 1. The number of carbonyl (C=O) groups excluding carboxylic acids is 1. The summed E-state index contributed by atoms with van der Waals surface area (Å²) in [5, 5.41) is 4.11. The zero-order valence-corrected chi connectivity index (χ0v) is 11.8. The molecule has 9 heteroatoms. The minimum Gasteiger partial charge on any atom is -0.362 e. The van der Waals surface area contributed by atoms with Crippen molar-refractivity contribution in [2.45, 2.75) is 6.18 Å². The van der Waals surface area contributed by atoms with Gasteiger partial charge in [0.15, 0.2) is 5.13 Å². The first kappa shape index (κ1) is 16.4. The highest BCUT2D eigenvalue weighted by Gasteiger charge is 2.27. The largest absolute Gasteiger partial charge is 0.411 e. The van der Waals surface area contributed by atoms with E-state index < -0.39 is 31.1 Å². The van der Waals surface area contributed by atoms with Crippen molar-refractivity contribution < 1.29 is 27.1 Å². The number of halogens is 4. The lowest BCUT2D eigenvalue weighted by molar-refractivity contribution is -0.174. The maximum Gasteiger partial charge on any atom is 0.411 e. The van der Waals surface area contributed by atoms with Gasteiger partial charge in [-0.15, -0.1) is 11.3 Å². The molecule has 22 heavy (non-hydrogen) atoms. The maximum atomic E-state index is 13.1. The lowest BCUT2D eigenvalue weighted by Crippen LogP contribution is -2.23. The summed E-state index contributed by atoms with van der Waals surface area (Å²) in [5.74, 6) is -1.17. The summed E-state index contributed by atoms with van der Waals surface area (Å²) >= 11 is 1.07. The van der Waals surface area contributed by atoms with Crippen molar-refractivity contribution in [1.29, 1.82) is 0 Å². The van der Waals surface area contributed by atoms with E-state index in [1.54, 1.807) is 11.4 Å². The van der Waals surface area contributed by atoms with E-state index in [2.05, 4.69) is 15.0 Å². The molecule has 1 N–H and O–H groups in total. The van der Waals surface area contributed by atoms with E-state index in [0.29, 0.717) is 11.3 Å². The van der Waals surface area contributed by atoms with E-state index in [9.17, 15) is 22.4 Å². The van der Waals surface area contributed by atoms with Crippen LogP contribution < -0.4 is 5.32 Å². The molecule has 0 bridgehead atoms. The molecule has 0 fully saturated rings. The van der Waals surface area contributed by atoms with Crippen molar-refractivity contribution in [3.05, 3.63) is 35.5 Å². The average Bonchev–Trinajstić information content (AvgIpc) is 2.85. The first-order valence-corrected chi connectivity index (χ1v) is 6.87. The number of ether oxygens (including phenoxy) is 1. The van der Waals surface area contributed by atoms with Crippen LogP contribution in [0.3, 0.4) is 0 Å². The number of hydrogen-bond acceptors (Lipinski definition) is 4. The van der Waals surface area contributed by atoms with Crippen LogP contribution in [0.25, 0.3) is 11.3 Å². The normalized spacial score (nSPS) is 11.5. The molecular formula is C13H10F4N2O2S. The molecule has 0 saturated heterocycles. The second-order valence-electron chi connectivity index (χ2n) is 4.20. The van der Waals surface area contributed by atoms with E-state index in [0.717, 1.165) is 11.3 Å².